The highest BCUT2D eigenvalue weighted by Gasteiger charge is 2.21. The summed E-state index contributed by atoms with van der Waals surface area (Å²) in [6.45, 7) is 0. The van der Waals surface area contributed by atoms with Crippen LogP contribution in [0.2, 0.25) is 0 Å². The van der Waals surface area contributed by atoms with E-state index in [4.69, 9.17) is 0 Å². The zero-order valence-corrected chi connectivity index (χ0v) is 11.7. The molecule has 1 unspecified atom stereocenters. The lowest BCUT2D eigenvalue weighted by atomic mass is 10.0. The molecule has 0 fully saturated rings. The number of nitrogens with one attached hydrogen (secondary N) is 3. The Morgan fingerprint density at radius 2 is 2.20 bits per heavy atom. The van der Waals surface area contributed by atoms with E-state index in [1.54, 1.807) is 6.33 Å². The lowest BCUT2D eigenvalue weighted by Gasteiger charge is -2.20. The lowest BCUT2D eigenvalue weighted by molar-refractivity contribution is 0.257. The van der Waals surface area contributed by atoms with E-state index in [9.17, 15) is 4.79 Å². The molecule has 2 aromatic rings. The minimum atomic E-state index is -0.184. The highest BCUT2D eigenvalue weighted by atomic mass is 32.2. The van der Waals surface area contributed by atoms with Gasteiger partial charge in [-0.05, 0) is 36.9 Å². The summed E-state index contributed by atoms with van der Waals surface area (Å²) in [4.78, 5) is 19.2. The maximum absolute atomic E-state index is 11.8. The molecule has 1 aromatic heterocycles. The second-order valence-electron chi connectivity index (χ2n) is 4.73. The SMILES string of the molecule is O=C(NSC1CCc2nc[nH]c2C1)Nc1ccccc1. The van der Waals surface area contributed by atoms with Crippen LogP contribution in [0.1, 0.15) is 17.8 Å². The third kappa shape index (κ3) is 3.14. The number of hydrogen-bond donors (Lipinski definition) is 3. The Morgan fingerprint density at radius 1 is 1.35 bits per heavy atom. The number of aromatic nitrogens is 2. The Bertz CT molecular complexity index is 584. The van der Waals surface area contributed by atoms with Crippen molar-refractivity contribution < 1.29 is 4.79 Å². The van der Waals surface area contributed by atoms with Gasteiger partial charge in [-0.3, -0.25) is 4.72 Å². The molecule has 3 rings (SSSR count). The van der Waals surface area contributed by atoms with Crippen molar-refractivity contribution in [1.29, 1.82) is 0 Å². The van der Waals surface area contributed by atoms with Gasteiger partial charge >= 0.3 is 6.03 Å². The highest BCUT2D eigenvalue weighted by Crippen LogP contribution is 2.25. The van der Waals surface area contributed by atoms with Gasteiger partial charge in [-0.2, -0.15) is 0 Å². The fourth-order valence-corrected chi connectivity index (χ4v) is 3.09. The number of imidazole rings is 1. The third-order valence-corrected chi connectivity index (χ3v) is 4.33. The number of rotatable bonds is 3. The summed E-state index contributed by atoms with van der Waals surface area (Å²) < 4.78 is 2.86. The Kier molecular flexibility index (Phi) is 3.92. The summed E-state index contributed by atoms with van der Waals surface area (Å²) in [6, 6.07) is 9.25. The van der Waals surface area contributed by atoms with Crippen molar-refractivity contribution in [2.75, 3.05) is 5.32 Å². The number of H-pyrrole nitrogens is 1. The van der Waals surface area contributed by atoms with E-state index in [1.807, 2.05) is 30.3 Å². The summed E-state index contributed by atoms with van der Waals surface area (Å²) in [6.07, 6.45) is 4.67. The molecule has 104 valence electrons. The first-order valence-electron chi connectivity index (χ1n) is 6.60. The van der Waals surface area contributed by atoms with Crippen LogP contribution in [0.25, 0.3) is 0 Å². The largest absolute Gasteiger partial charge is 0.348 e. The minimum Gasteiger partial charge on any atom is -0.348 e. The summed E-state index contributed by atoms with van der Waals surface area (Å²) in [7, 11) is 0. The lowest BCUT2D eigenvalue weighted by Crippen LogP contribution is -2.27. The summed E-state index contributed by atoms with van der Waals surface area (Å²) in [5.41, 5.74) is 3.15. The molecule has 0 spiro atoms. The van der Waals surface area contributed by atoms with E-state index in [-0.39, 0.29) is 6.03 Å². The van der Waals surface area contributed by atoms with Gasteiger partial charge in [0.1, 0.15) is 0 Å². The predicted molar refractivity (Wildman–Crippen MR) is 80.6 cm³/mol. The van der Waals surface area contributed by atoms with Crippen LogP contribution in [-0.2, 0) is 12.8 Å². The summed E-state index contributed by atoms with van der Waals surface area (Å²) in [5, 5.41) is 3.20. The molecule has 0 aliphatic heterocycles. The predicted octanol–water partition coefficient (Wildman–Crippen LogP) is 2.74. The van der Waals surface area contributed by atoms with Gasteiger partial charge < -0.3 is 10.3 Å². The highest BCUT2D eigenvalue weighted by molar-refractivity contribution is 7.98. The molecule has 1 aliphatic rings. The molecule has 5 nitrogen and oxygen atoms in total. The van der Waals surface area contributed by atoms with Gasteiger partial charge in [0, 0.05) is 23.1 Å². The van der Waals surface area contributed by atoms with Crippen LogP contribution in [0.5, 0.6) is 0 Å². The number of benzene rings is 1. The number of anilines is 1. The van der Waals surface area contributed by atoms with Crippen LogP contribution < -0.4 is 10.0 Å². The number of fused-ring (bicyclic) bond motifs is 1. The van der Waals surface area contributed by atoms with Crippen LogP contribution in [0.15, 0.2) is 36.7 Å². The molecule has 0 saturated heterocycles. The van der Waals surface area contributed by atoms with Crippen LogP contribution in [0.4, 0.5) is 10.5 Å². The number of aryl methyl sites for hydroxylation is 1. The van der Waals surface area contributed by atoms with Gasteiger partial charge in [0.2, 0.25) is 0 Å². The number of urea groups is 1. The molecule has 1 heterocycles. The number of amides is 2. The van der Waals surface area contributed by atoms with E-state index in [1.165, 1.54) is 17.6 Å². The van der Waals surface area contributed by atoms with Crippen molar-refractivity contribution in [2.45, 2.75) is 24.5 Å². The van der Waals surface area contributed by atoms with E-state index in [2.05, 4.69) is 20.0 Å². The molecule has 2 amide bonds. The maximum atomic E-state index is 11.8. The fourth-order valence-electron chi connectivity index (χ4n) is 2.28. The van der Waals surface area contributed by atoms with Crippen molar-refractivity contribution in [2.24, 2.45) is 0 Å². The molecule has 3 N–H and O–H groups in total. The van der Waals surface area contributed by atoms with Crippen molar-refractivity contribution in [3.8, 4) is 0 Å². The topological polar surface area (TPSA) is 69.8 Å². The van der Waals surface area contributed by atoms with Crippen molar-refractivity contribution >= 4 is 23.7 Å². The Hall–Kier alpha value is -1.95. The monoisotopic (exact) mass is 288 g/mol. The van der Waals surface area contributed by atoms with Gasteiger partial charge in [-0.1, -0.05) is 18.2 Å². The first-order chi connectivity index (χ1) is 9.81. The normalized spacial score (nSPS) is 17.3. The first kappa shape index (κ1) is 13.1. The molecule has 1 atom stereocenters. The Morgan fingerprint density at radius 3 is 3.05 bits per heavy atom. The number of carbonyl (C=O) groups is 1. The first-order valence-corrected chi connectivity index (χ1v) is 7.48. The third-order valence-electron chi connectivity index (χ3n) is 3.29. The number of aromatic amines is 1. The number of carbonyl (C=O) groups excluding carboxylic acids is 1. The van der Waals surface area contributed by atoms with Gasteiger partial charge in [0.25, 0.3) is 0 Å². The molecular formula is C14H16N4OS. The molecule has 1 aliphatic carbocycles. The van der Waals surface area contributed by atoms with Crippen molar-refractivity contribution in [3.63, 3.8) is 0 Å². The van der Waals surface area contributed by atoms with E-state index in [0.29, 0.717) is 5.25 Å². The smallest absolute Gasteiger partial charge is 0.329 e. The average Bonchev–Trinajstić information content (AvgIpc) is 2.93. The molecule has 0 saturated carbocycles. The number of nitrogens with zero attached hydrogens (tertiary/aromatic N) is 1. The second-order valence-corrected chi connectivity index (χ2v) is 5.84. The molecular weight excluding hydrogens is 272 g/mol. The van der Waals surface area contributed by atoms with E-state index >= 15 is 0 Å². The van der Waals surface area contributed by atoms with Crippen molar-refractivity contribution in [3.05, 3.63) is 48.0 Å². The van der Waals surface area contributed by atoms with Crippen LogP contribution in [0.3, 0.4) is 0 Å². The Balaban J connectivity index is 1.47. The molecule has 1 aromatic carbocycles. The minimum absolute atomic E-state index is 0.184. The van der Waals surface area contributed by atoms with Crippen molar-refractivity contribution in [1.82, 2.24) is 14.7 Å². The van der Waals surface area contributed by atoms with E-state index in [0.717, 1.165) is 30.6 Å². The summed E-state index contributed by atoms with van der Waals surface area (Å²) in [5.74, 6) is 0. The fraction of sp³-hybridized carbons (Fsp3) is 0.286. The molecule has 6 heteroatoms. The van der Waals surface area contributed by atoms with Crippen LogP contribution in [0, 0.1) is 0 Å². The molecule has 0 radical (unpaired) electrons. The van der Waals surface area contributed by atoms with Crippen LogP contribution >= 0.6 is 11.9 Å². The second kappa shape index (κ2) is 6.00. The number of para-hydroxylation sites is 1. The van der Waals surface area contributed by atoms with Crippen LogP contribution in [-0.4, -0.2) is 21.2 Å². The standard InChI is InChI=1S/C14H16N4OS/c19-14(17-10-4-2-1-3-5-10)18-20-11-6-7-12-13(8-11)16-9-15-12/h1-5,9,11H,6-8H2,(H,15,16)(H2,17,18,19). The van der Waals surface area contributed by atoms with Gasteiger partial charge in [0.15, 0.2) is 0 Å². The van der Waals surface area contributed by atoms with Gasteiger partial charge in [-0.25, -0.2) is 9.78 Å². The zero-order valence-electron chi connectivity index (χ0n) is 10.9. The van der Waals surface area contributed by atoms with E-state index < -0.39 is 0 Å². The quantitative estimate of drug-likeness (QED) is 0.761. The molecule has 20 heavy (non-hydrogen) atoms. The zero-order chi connectivity index (χ0) is 13.8. The average molecular weight is 288 g/mol. The summed E-state index contributed by atoms with van der Waals surface area (Å²) >= 11 is 1.48. The van der Waals surface area contributed by atoms with Gasteiger partial charge in [0.05, 0.1) is 12.0 Å². The number of hydrogen-bond acceptors (Lipinski definition) is 3. The maximum Gasteiger partial charge on any atom is 0.329 e. The Labute approximate surface area is 121 Å². The molecule has 0 bridgehead atoms. The van der Waals surface area contributed by atoms with Gasteiger partial charge in [-0.15, -0.1) is 0 Å².